The van der Waals surface area contributed by atoms with Gasteiger partial charge >= 0.3 is 12.1 Å². The Labute approximate surface area is 152 Å². The number of halogens is 3. The molecule has 0 aliphatic heterocycles. The molecule has 0 fully saturated rings. The van der Waals surface area contributed by atoms with Crippen LogP contribution in [-0.4, -0.2) is 18.5 Å². The molecule has 0 heterocycles. The van der Waals surface area contributed by atoms with Crippen LogP contribution in [0.2, 0.25) is 0 Å². The third kappa shape index (κ3) is 6.32. The summed E-state index contributed by atoms with van der Waals surface area (Å²) in [7, 11) is 0. The van der Waals surface area contributed by atoms with E-state index in [4.69, 9.17) is 10.00 Å². The van der Waals surface area contributed by atoms with Gasteiger partial charge in [-0.15, -0.1) is 0 Å². The number of nitrogens with zero attached hydrogens (tertiary/aromatic N) is 1. The summed E-state index contributed by atoms with van der Waals surface area (Å²) in [5.74, 6) is -1.39. The average Bonchev–Trinajstić information content (AvgIpc) is 2.65. The molecular weight excluding hydrogens is 361 g/mol. The number of rotatable bonds is 5. The van der Waals surface area contributed by atoms with Crippen molar-refractivity contribution in [2.75, 3.05) is 11.9 Å². The first kappa shape index (κ1) is 19.7. The number of hydrogen-bond acceptors (Lipinski definition) is 4. The van der Waals surface area contributed by atoms with Crippen LogP contribution in [0.5, 0.6) is 0 Å². The first-order valence-corrected chi connectivity index (χ1v) is 7.60. The molecule has 0 atom stereocenters. The predicted octanol–water partition coefficient (Wildman–Crippen LogP) is 3.77. The number of carbonyl (C=O) groups is 2. The predicted molar refractivity (Wildman–Crippen MR) is 91.2 cm³/mol. The van der Waals surface area contributed by atoms with Crippen LogP contribution in [0.3, 0.4) is 0 Å². The highest BCUT2D eigenvalue weighted by Crippen LogP contribution is 2.29. The molecule has 0 saturated carbocycles. The van der Waals surface area contributed by atoms with Crippen molar-refractivity contribution in [1.29, 1.82) is 5.26 Å². The number of amides is 1. The van der Waals surface area contributed by atoms with Gasteiger partial charge < -0.3 is 10.1 Å². The van der Waals surface area contributed by atoms with Crippen LogP contribution >= 0.6 is 0 Å². The first-order chi connectivity index (χ1) is 12.8. The summed E-state index contributed by atoms with van der Waals surface area (Å²) in [6, 6.07) is 12.3. The van der Waals surface area contributed by atoms with Crippen LogP contribution in [0, 0.1) is 11.3 Å². The van der Waals surface area contributed by atoms with Gasteiger partial charge in [-0.25, -0.2) is 4.79 Å². The van der Waals surface area contributed by atoms with Gasteiger partial charge in [0, 0.05) is 11.8 Å². The van der Waals surface area contributed by atoms with Gasteiger partial charge in [0.2, 0.25) is 0 Å². The number of esters is 1. The molecule has 0 saturated heterocycles. The van der Waals surface area contributed by atoms with Crippen molar-refractivity contribution >= 4 is 23.6 Å². The lowest BCUT2D eigenvalue weighted by atomic mass is 10.1. The molecule has 0 spiro atoms. The fourth-order valence-electron chi connectivity index (χ4n) is 1.96. The van der Waals surface area contributed by atoms with Gasteiger partial charge in [-0.1, -0.05) is 12.1 Å². The minimum Gasteiger partial charge on any atom is -0.452 e. The largest absolute Gasteiger partial charge is 0.452 e. The summed E-state index contributed by atoms with van der Waals surface area (Å²) >= 11 is 0. The molecule has 0 aliphatic carbocycles. The van der Waals surface area contributed by atoms with E-state index in [1.54, 1.807) is 0 Å². The number of alkyl halides is 3. The summed E-state index contributed by atoms with van der Waals surface area (Å²) in [4.78, 5) is 23.3. The minimum absolute atomic E-state index is 0.377. The molecule has 0 aromatic heterocycles. The Kier molecular flexibility index (Phi) is 6.33. The maximum Gasteiger partial charge on any atom is 0.416 e. The Hall–Kier alpha value is -3.60. The first-order valence-electron chi connectivity index (χ1n) is 7.60. The third-order valence-electron chi connectivity index (χ3n) is 3.29. The zero-order valence-corrected chi connectivity index (χ0v) is 13.8. The van der Waals surface area contributed by atoms with Crippen LogP contribution in [0.15, 0.2) is 54.6 Å². The zero-order valence-electron chi connectivity index (χ0n) is 13.8. The van der Waals surface area contributed by atoms with Crippen molar-refractivity contribution in [2.24, 2.45) is 0 Å². The van der Waals surface area contributed by atoms with Crippen LogP contribution < -0.4 is 5.32 Å². The molecule has 0 radical (unpaired) electrons. The molecular formula is C19H13F3N2O3. The van der Waals surface area contributed by atoms with E-state index >= 15 is 0 Å². The van der Waals surface area contributed by atoms with E-state index in [0.717, 1.165) is 18.2 Å². The number of carbonyl (C=O) groups excluding carboxylic acids is 2. The van der Waals surface area contributed by atoms with Crippen molar-refractivity contribution in [2.45, 2.75) is 6.18 Å². The summed E-state index contributed by atoms with van der Waals surface area (Å²) in [5.41, 5.74) is 0.465. The number of benzene rings is 2. The van der Waals surface area contributed by atoms with Crippen molar-refractivity contribution in [3.05, 3.63) is 71.3 Å². The number of hydrogen-bond donors (Lipinski definition) is 1. The van der Waals surface area contributed by atoms with Gasteiger partial charge in [0.05, 0.1) is 17.2 Å². The molecule has 2 aromatic rings. The monoisotopic (exact) mass is 374 g/mol. The molecule has 0 unspecified atom stereocenters. The maximum absolute atomic E-state index is 12.5. The lowest BCUT2D eigenvalue weighted by Crippen LogP contribution is -2.20. The van der Waals surface area contributed by atoms with E-state index in [1.165, 1.54) is 42.5 Å². The average molecular weight is 374 g/mol. The SMILES string of the molecule is N#Cc1ccc(NC(=O)COC(=O)/C=C/c2ccc(C(F)(F)F)cc2)cc1. The quantitative estimate of drug-likeness (QED) is 0.638. The Morgan fingerprint density at radius 1 is 1.07 bits per heavy atom. The smallest absolute Gasteiger partial charge is 0.416 e. The molecule has 5 nitrogen and oxygen atoms in total. The zero-order chi connectivity index (χ0) is 19.9. The Morgan fingerprint density at radius 2 is 1.70 bits per heavy atom. The molecule has 1 N–H and O–H groups in total. The molecule has 2 rings (SSSR count). The Bertz CT molecular complexity index is 880. The summed E-state index contributed by atoms with van der Waals surface area (Å²) in [6.07, 6.45) is -2.14. The van der Waals surface area contributed by atoms with Gasteiger partial charge in [-0.3, -0.25) is 4.79 Å². The van der Waals surface area contributed by atoms with Crippen LogP contribution in [0.1, 0.15) is 16.7 Å². The Balaban J connectivity index is 1.81. The fourth-order valence-corrected chi connectivity index (χ4v) is 1.96. The second-order valence-corrected chi connectivity index (χ2v) is 5.30. The van der Waals surface area contributed by atoms with Gasteiger partial charge in [0.15, 0.2) is 6.61 Å². The standard InChI is InChI=1S/C19H13F3N2O3/c20-19(21,22)15-6-1-13(2-7-15)5-10-18(26)27-12-17(25)24-16-8-3-14(11-23)4-9-16/h1-10H,12H2,(H,24,25)/b10-5+. The number of ether oxygens (including phenoxy) is 1. The molecule has 1 amide bonds. The maximum atomic E-state index is 12.5. The molecule has 0 bridgehead atoms. The minimum atomic E-state index is -4.43. The highest BCUT2D eigenvalue weighted by atomic mass is 19.4. The van der Waals surface area contributed by atoms with Crippen molar-refractivity contribution < 1.29 is 27.5 Å². The Morgan fingerprint density at radius 3 is 2.26 bits per heavy atom. The number of anilines is 1. The van der Waals surface area contributed by atoms with E-state index in [0.29, 0.717) is 16.8 Å². The van der Waals surface area contributed by atoms with Crippen molar-refractivity contribution in [1.82, 2.24) is 0 Å². The van der Waals surface area contributed by atoms with Gasteiger partial charge in [0.25, 0.3) is 5.91 Å². The van der Waals surface area contributed by atoms with Gasteiger partial charge in [-0.05, 0) is 48.0 Å². The second-order valence-electron chi connectivity index (χ2n) is 5.30. The van der Waals surface area contributed by atoms with Crippen LogP contribution in [-0.2, 0) is 20.5 Å². The summed E-state index contributed by atoms with van der Waals surface area (Å²) in [6.45, 7) is -0.532. The topological polar surface area (TPSA) is 79.2 Å². The normalized spacial score (nSPS) is 11.0. The summed E-state index contributed by atoms with van der Waals surface area (Å²) < 4.78 is 42.1. The lowest BCUT2D eigenvalue weighted by molar-refractivity contribution is -0.142. The summed E-state index contributed by atoms with van der Waals surface area (Å²) in [5, 5.41) is 11.2. The highest BCUT2D eigenvalue weighted by molar-refractivity contribution is 5.94. The van der Waals surface area contributed by atoms with E-state index < -0.39 is 30.2 Å². The van der Waals surface area contributed by atoms with Gasteiger partial charge in [-0.2, -0.15) is 18.4 Å². The van der Waals surface area contributed by atoms with E-state index in [-0.39, 0.29) is 0 Å². The number of nitriles is 1. The fraction of sp³-hybridized carbons (Fsp3) is 0.105. The van der Waals surface area contributed by atoms with Gasteiger partial charge in [0.1, 0.15) is 0 Å². The van der Waals surface area contributed by atoms with Crippen LogP contribution in [0.4, 0.5) is 18.9 Å². The molecule has 0 aliphatic rings. The van der Waals surface area contributed by atoms with Crippen LogP contribution in [0.25, 0.3) is 6.08 Å². The lowest BCUT2D eigenvalue weighted by Gasteiger charge is -2.06. The van der Waals surface area contributed by atoms with Crippen molar-refractivity contribution in [3.8, 4) is 6.07 Å². The molecule has 2 aromatic carbocycles. The van der Waals surface area contributed by atoms with E-state index in [2.05, 4.69) is 5.32 Å². The van der Waals surface area contributed by atoms with Crippen molar-refractivity contribution in [3.63, 3.8) is 0 Å². The van der Waals surface area contributed by atoms with E-state index in [1.807, 2.05) is 6.07 Å². The third-order valence-corrected chi connectivity index (χ3v) is 3.29. The molecule has 138 valence electrons. The molecule has 27 heavy (non-hydrogen) atoms. The number of nitrogens with one attached hydrogen (secondary N) is 1. The highest BCUT2D eigenvalue weighted by Gasteiger charge is 2.29. The van der Waals surface area contributed by atoms with E-state index in [9.17, 15) is 22.8 Å². The molecule has 8 heteroatoms. The second kappa shape index (κ2) is 8.67.